The Morgan fingerprint density at radius 3 is 2.59 bits per heavy atom. The molecule has 3 saturated carbocycles. The van der Waals surface area contributed by atoms with Gasteiger partial charge < -0.3 is 9.47 Å². The Kier molecular flexibility index (Phi) is 2.46. The average Bonchev–Trinajstić information content (AvgIpc) is 3.12. The van der Waals surface area contributed by atoms with E-state index < -0.39 is 5.79 Å². The molecule has 0 N–H and O–H groups in total. The zero-order chi connectivity index (χ0) is 15.3. The van der Waals surface area contributed by atoms with Gasteiger partial charge in [-0.3, -0.25) is 4.79 Å². The van der Waals surface area contributed by atoms with Crippen molar-refractivity contribution in [2.24, 2.45) is 46.8 Å². The van der Waals surface area contributed by atoms with Crippen LogP contribution in [0, 0.1) is 46.8 Å². The lowest BCUT2D eigenvalue weighted by Crippen LogP contribution is -2.55. The summed E-state index contributed by atoms with van der Waals surface area (Å²) >= 11 is 0. The van der Waals surface area contributed by atoms with Crippen molar-refractivity contribution in [3.8, 4) is 0 Å². The van der Waals surface area contributed by atoms with Crippen LogP contribution in [0.25, 0.3) is 0 Å². The van der Waals surface area contributed by atoms with Crippen molar-refractivity contribution in [1.29, 1.82) is 0 Å². The quantitative estimate of drug-likeness (QED) is 0.423. The smallest absolute Gasteiger partial charge is 0.305 e. The van der Waals surface area contributed by atoms with Crippen LogP contribution in [0.4, 0.5) is 0 Å². The van der Waals surface area contributed by atoms with Crippen molar-refractivity contribution in [2.75, 3.05) is 6.61 Å². The summed E-state index contributed by atoms with van der Waals surface area (Å²) in [5.74, 6) is 4.82. The fraction of sp³-hybridized carbons (Fsp3) is 0.842. The van der Waals surface area contributed by atoms with Crippen LogP contribution in [0.15, 0.2) is 12.2 Å². The van der Waals surface area contributed by atoms with E-state index in [9.17, 15) is 4.79 Å². The number of esters is 1. The number of carbonyl (C=O) groups excluding carboxylic acids is 1. The number of hydrogen-bond acceptors (Lipinski definition) is 3. The van der Waals surface area contributed by atoms with Gasteiger partial charge >= 0.3 is 5.97 Å². The second-order valence-corrected chi connectivity index (χ2v) is 8.94. The molecule has 9 unspecified atom stereocenters. The van der Waals surface area contributed by atoms with Crippen LogP contribution in [0.1, 0.15) is 40.0 Å². The molecule has 22 heavy (non-hydrogen) atoms. The fourth-order valence-electron chi connectivity index (χ4n) is 7.54. The molecule has 0 aromatic rings. The molecule has 0 radical (unpaired) electrons. The summed E-state index contributed by atoms with van der Waals surface area (Å²) < 4.78 is 11.6. The highest BCUT2D eigenvalue weighted by Crippen LogP contribution is 2.74. The molecule has 1 aliphatic heterocycles. The Bertz CT molecular complexity index is 569. The minimum Gasteiger partial charge on any atom is -0.434 e. The SMILES string of the molecule is CC(=O)OC1(C)CC2(C)C(CO1)C1CC2C2C3C=CC(C3)C12. The van der Waals surface area contributed by atoms with E-state index in [0.717, 1.165) is 48.5 Å². The van der Waals surface area contributed by atoms with Gasteiger partial charge in [0.15, 0.2) is 0 Å². The van der Waals surface area contributed by atoms with E-state index in [2.05, 4.69) is 19.1 Å². The van der Waals surface area contributed by atoms with Gasteiger partial charge in [-0.1, -0.05) is 19.1 Å². The third-order valence-electron chi connectivity index (χ3n) is 7.91. The molecule has 1 saturated heterocycles. The van der Waals surface area contributed by atoms with Crippen molar-refractivity contribution >= 4 is 5.97 Å². The molecule has 0 aromatic heterocycles. The standard InChI is InChI=1S/C19H26O3/c1-10(20)22-19(3)9-18(2)14-7-13(15(18)8-21-19)16-11-4-5-12(6-11)17(14)16/h4-5,11-17H,6-9H2,1-3H3. The van der Waals surface area contributed by atoms with Gasteiger partial charge in [-0.25, -0.2) is 0 Å². The van der Waals surface area contributed by atoms with Crippen molar-refractivity contribution in [1.82, 2.24) is 0 Å². The van der Waals surface area contributed by atoms with Crippen LogP contribution < -0.4 is 0 Å². The van der Waals surface area contributed by atoms with Crippen molar-refractivity contribution in [3.63, 3.8) is 0 Å². The minimum atomic E-state index is -0.718. The molecular weight excluding hydrogens is 276 g/mol. The Hall–Kier alpha value is -0.830. The highest BCUT2D eigenvalue weighted by Gasteiger charge is 2.70. The number of hydrogen-bond donors (Lipinski definition) is 0. The van der Waals surface area contributed by atoms with Crippen LogP contribution in [0.5, 0.6) is 0 Å². The number of carbonyl (C=O) groups is 1. The van der Waals surface area contributed by atoms with Gasteiger partial charge in [0.05, 0.1) is 6.61 Å². The Balaban J connectivity index is 1.48. The lowest BCUT2D eigenvalue weighted by Gasteiger charge is -2.54. The van der Waals surface area contributed by atoms with Gasteiger partial charge in [-0.2, -0.15) is 0 Å². The lowest BCUT2D eigenvalue weighted by atomic mass is 9.55. The van der Waals surface area contributed by atoms with Gasteiger partial charge in [0.25, 0.3) is 0 Å². The molecule has 1 heterocycles. The van der Waals surface area contributed by atoms with Crippen LogP contribution in [-0.2, 0) is 14.3 Å². The van der Waals surface area contributed by atoms with Gasteiger partial charge in [0.1, 0.15) is 0 Å². The summed E-state index contributed by atoms with van der Waals surface area (Å²) in [4.78, 5) is 11.4. The topological polar surface area (TPSA) is 35.5 Å². The summed E-state index contributed by atoms with van der Waals surface area (Å²) in [6, 6.07) is 0. The maximum Gasteiger partial charge on any atom is 0.305 e. The van der Waals surface area contributed by atoms with E-state index in [1.165, 1.54) is 19.8 Å². The molecule has 120 valence electrons. The van der Waals surface area contributed by atoms with Crippen LogP contribution in [-0.4, -0.2) is 18.4 Å². The number of rotatable bonds is 1. The first-order valence-corrected chi connectivity index (χ1v) is 8.93. The molecule has 5 rings (SSSR count). The zero-order valence-corrected chi connectivity index (χ0v) is 13.7. The lowest BCUT2D eigenvalue weighted by molar-refractivity contribution is -0.279. The van der Waals surface area contributed by atoms with Crippen molar-refractivity contribution < 1.29 is 14.3 Å². The van der Waals surface area contributed by atoms with Crippen LogP contribution in [0.2, 0.25) is 0 Å². The summed E-state index contributed by atoms with van der Waals surface area (Å²) in [7, 11) is 0. The largest absolute Gasteiger partial charge is 0.434 e. The first-order valence-electron chi connectivity index (χ1n) is 8.93. The van der Waals surface area contributed by atoms with Gasteiger partial charge in [-0.15, -0.1) is 0 Å². The summed E-state index contributed by atoms with van der Waals surface area (Å²) in [5.41, 5.74) is 0.284. The molecule has 4 aliphatic carbocycles. The molecule has 9 atom stereocenters. The molecule has 3 heteroatoms. The first-order chi connectivity index (χ1) is 10.4. The van der Waals surface area contributed by atoms with Crippen LogP contribution >= 0.6 is 0 Å². The normalized spacial score (nSPS) is 60.4. The predicted molar refractivity (Wildman–Crippen MR) is 81.7 cm³/mol. The second-order valence-electron chi connectivity index (χ2n) is 8.94. The van der Waals surface area contributed by atoms with Gasteiger partial charge in [0.2, 0.25) is 5.79 Å². The van der Waals surface area contributed by atoms with Gasteiger partial charge in [0, 0.05) is 20.3 Å². The molecule has 0 amide bonds. The molecule has 3 nitrogen and oxygen atoms in total. The first kappa shape index (κ1) is 13.6. The average molecular weight is 302 g/mol. The second kappa shape index (κ2) is 3.98. The highest BCUT2D eigenvalue weighted by atomic mass is 16.7. The minimum absolute atomic E-state index is 0.228. The van der Waals surface area contributed by atoms with E-state index in [-0.39, 0.29) is 11.4 Å². The molecule has 5 aliphatic rings. The maximum atomic E-state index is 11.4. The monoisotopic (exact) mass is 302 g/mol. The zero-order valence-electron chi connectivity index (χ0n) is 13.7. The van der Waals surface area contributed by atoms with Crippen molar-refractivity contribution in [2.45, 2.75) is 45.8 Å². The van der Waals surface area contributed by atoms with E-state index in [1.54, 1.807) is 0 Å². The Morgan fingerprint density at radius 1 is 1.14 bits per heavy atom. The van der Waals surface area contributed by atoms with E-state index in [0.29, 0.717) is 5.92 Å². The maximum absolute atomic E-state index is 11.4. The molecule has 4 bridgehead atoms. The molecule has 4 fully saturated rings. The number of ether oxygens (including phenoxy) is 2. The summed E-state index contributed by atoms with van der Waals surface area (Å²) in [6.45, 7) is 6.67. The van der Waals surface area contributed by atoms with Crippen LogP contribution in [0.3, 0.4) is 0 Å². The molecule has 0 spiro atoms. The Morgan fingerprint density at radius 2 is 1.86 bits per heavy atom. The number of fused-ring (bicyclic) bond motifs is 12. The van der Waals surface area contributed by atoms with Gasteiger partial charge in [-0.05, 0) is 59.7 Å². The highest BCUT2D eigenvalue weighted by molar-refractivity contribution is 5.66. The fourth-order valence-corrected chi connectivity index (χ4v) is 7.54. The predicted octanol–water partition coefficient (Wildman–Crippen LogP) is 3.40. The van der Waals surface area contributed by atoms with Crippen molar-refractivity contribution in [3.05, 3.63) is 12.2 Å². The number of allylic oxidation sites excluding steroid dienone is 2. The summed E-state index contributed by atoms with van der Waals surface area (Å²) in [5, 5.41) is 0. The Labute approximate surface area is 132 Å². The van der Waals surface area contributed by atoms with E-state index in [4.69, 9.17) is 9.47 Å². The summed E-state index contributed by atoms with van der Waals surface area (Å²) in [6.07, 6.45) is 8.64. The molecule has 0 aromatic carbocycles. The van der Waals surface area contributed by atoms with E-state index >= 15 is 0 Å². The third kappa shape index (κ3) is 1.49. The third-order valence-corrected chi connectivity index (χ3v) is 7.91. The van der Waals surface area contributed by atoms with E-state index in [1.807, 2.05) is 6.92 Å². The molecular formula is C19H26O3.